The van der Waals surface area contributed by atoms with Crippen molar-refractivity contribution in [2.75, 3.05) is 0 Å². The summed E-state index contributed by atoms with van der Waals surface area (Å²) in [4.78, 5) is 24.2. The Morgan fingerprint density at radius 2 is 2.05 bits per heavy atom. The molecule has 0 atom stereocenters. The molecule has 2 aliphatic rings. The van der Waals surface area contributed by atoms with Crippen LogP contribution >= 0.6 is 0 Å². The Kier molecular flexibility index (Phi) is 2.43. The van der Waals surface area contributed by atoms with Gasteiger partial charge in [0.25, 0.3) is 5.91 Å². The van der Waals surface area contributed by atoms with E-state index >= 15 is 0 Å². The summed E-state index contributed by atoms with van der Waals surface area (Å²) < 4.78 is 1.86. The molecule has 0 radical (unpaired) electrons. The van der Waals surface area contributed by atoms with Gasteiger partial charge >= 0.3 is 0 Å². The summed E-state index contributed by atoms with van der Waals surface area (Å²) in [5.74, 6) is 0.293. The topological polar surface area (TPSA) is 84.3 Å². The van der Waals surface area contributed by atoms with E-state index in [1.165, 1.54) is 6.20 Å². The first-order valence-electron chi connectivity index (χ1n) is 6.23. The molecule has 1 amide bonds. The monoisotopic (exact) mass is 276 g/mol. The van der Waals surface area contributed by atoms with Gasteiger partial charge in [-0.15, -0.1) is 5.11 Å². The molecule has 1 aromatic carbocycles. The van der Waals surface area contributed by atoms with Crippen molar-refractivity contribution in [1.82, 2.24) is 9.55 Å². The maximum Gasteiger partial charge on any atom is 0.284 e. The van der Waals surface area contributed by atoms with E-state index in [1.54, 1.807) is 12.5 Å². The van der Waals surface area contributed by atoms with Gasteiger partial charge in [-0.05, 0) is 12.1 Å². The highest BCUT2D eigenvalue weighted by atomic mass is 16.1. The van der Waals surface area contributed by atoms with E-state index in [4.69, 9.17) is 0 Å². The number of amidine groups is 2. The minimum absolute atomic E-state index is 0.318. The van der Waals surface area contributed by atoms with Crippen LogP contribution in [0, 0.1) is 0 Å². The molecule has 1 aromatic heterocycles. The number of imidazole rings is 1. The molecule has 7 heteroatoms. The molecule has 2 aliphatic heterocycles. The zero-order valence-corrected chi connectivity index (χ0v) is 10.7. The van der Waals surface area contributed by atoms with Crippen molar-refractivity contribution >= 4 is 17.6 Å². The Bertz CT molecular complexity index is 857. The molecule has 0 saturated carbocycles. The third-order valence-corrected chi connectivity index (χ3v) is 3.14. The van der Waals surface area contributed by atoms with Gasteiger partial charge in [0, 0.05) is 23.6 Å². The summed E-state index contributed by atoms with van der Waals surface area (Å²) in [6, 6.07) is 7.54. The van der Waals surface area contributed by atoms with Crippen LogP contribution in [0.25, 0.3) is 5.69 Å². The van der Waals surface area contributed by atoms with E-state index in [0.29, 0.717) is 17.2 Å². The lowest BCUT2D eigenvalue weighted by Crippen LogP contribution is -2.17. The van der Waals surface area contributed by atoms with Crippen LogP contribution in [-0.4, -0.2) is 27.1 Å². The fraction of sp³-hybridized carbons (Fsp3) is 0. The Labute approximate surface area is 119 Å². The summed E-state index contributed by atoms with van der Waals surface area (Å²) in [5.41, 5.74) is 1.99. The first-order valence-corrected chi connectivity index (χ1v) is 6.23. The first kappa shape index (κ1) is 11.6. The van der Waals surface area contributed by atoms with Crippen LogP contribution in [0.1, 0.15) is 5.56 Å². The summed E-state index contributed by atoms with van der Waals surface area (Å²) in [5, 5.41) is 7.51. The number of aliphatic imine (C=N–C) groups is 2. The van der Waals surface area contributed by atoms with Crippen molar-refractivity contribution < 1.29 is 4.79 Å². The quantitative estimate of drug-likeness (QED) is 0.839. The van der Waals surface area contributed by atoms with Gasteiger partial charge in [0.1, 0.15) is 5.57 Å². The van der Waals surface area contributed by atoms with Gasteiger partial charge in [-0.25, -0.2) is 9.98 Å². The molecule has 0 aliphatic carbocycles. The van der Waals surface area contributed by atoms with Crippen molar-refractivity contribution in [3.8, 4) is 5.69 Å². The van der Waals surface area contributed by atoms with Crippen LogP contribution in [0.2, 0.25) is 0 Å². The third kappa shape index (κ3) is 1.91. The Balaban J connectivity index is 1.78. The fourth-order valence-electron chi connectivity index (χ4n) is 2.11. The highest BCUT2D eigenvalue weighted by Crippen LogP contribution is 2.19. The molecule has 0 N–H and O–H groups in total. The molecule has 0 saturated heterocycles. The van der Waals surface area contributed by atoms with Gasteiger partial charge in [0.05, 0.1) is 12.5 Å². The predicted molar refractivity (Wildman–Crippen MR) is 75.5 cm³/mol. The van der Waals surface area contributed by atoms with E-state index in [9.17, 15) is 4.79 Å². The van der Waals surface area contributed by atoms with E-state index in [-0.39, 0.29) is 5.91 Å². The molecule has 2 aromatic rings. The Morgan fingerprint density at radius 1 is 1.10 bits per heavy atom. The second-order valence-corrected chi connectivity index (χ2v) is 4.45. The first-order chi connectivity index (χ1) is 10.3. The standard InChI is InChI=1S/C14H8N6O/c21-14-11-7-16-19-13(11)17-12(18-14)9-2-1-3-10(6-9)20-5-4-15-8-20/h1-8H. The molecule has 21 heavy (non-hydrogen) atoms. The largest absolute Gasteiger partial charge is 0.306 e. The van der Waals surface area contributed by atoms with Gasteiger partial charge < -0.3 is 4.57 Å². The molecule has 0 spiro atoms. The molecule has 3 heterocycles. The average Bonchev–Trinajstić information content (AvgIpc) is 3.19. The zero-order chi connectivity index (χ0) is 14.2. The molecule has 7 nitrogen and oxygen atoms in total. The van der Waals surface area contributed by atoms with Crippen LogP contribution in [0.4, 0.5) is 0 Å². The normalized spacial score (nSPS) is 16.4. The van der Waals surface area contributed by atoms with E-state index < -0.39 is 0 Å². The fourth-order valence-corrected chi connectivity index (χ4v) is 2.11. The molecular weight excluding hydrogens is 268 g/mol. The van der Waals surface area contributed by atoms with Crippen molar-refractivity contribution in [3.63, 3.8) is 0 Å². The van der Waals surface area contributed by atoms with Crippen molar-refractivity contribution in [2.24, 2.45) is 20.2 Å². The molecule has 0 fully saturated rings. The maximum absolute atomic E-state index is 11.9. The van der Waals surface area contributed by atoms with Crippen molar-refractivity contribution in [2.45, 2.75) is 0 Å². The van der Waals surface area contributed by atoms with Crippen LogP contribution in [0.5, 0.6) is 0 Å². The van der Waals surface area contributed by atoms with Gasteiger partial charge in [0.2, 0.25) is 0 Å². The summed E-state index contributed by atoms with van der Waals surface area (Å²) in [6.07, 6.45) is 6.61. The van der Waals surface area contributed by atoms with Crippen LogP contribution in [0.15, 0.2) is 75.0 Å². The number of nitrogens with zero attached hydrogens (tertiary/aromatic N) is 6. The number of azo groups is 1. The van der Waals surface area contributed by atoms with Crippen LogP contribution in [-0.2, 0) is 4.79 Å². The van der Waals surface area contributed by atoms with Crippen LogP contribution < -0.4 is 0 Å². The van der Waals surface area contributed by atoms with Gasteiger partial charge in [-0.3, -0.25) is 4.79 Å². The number of carbonyl (C=O) groups is 1. The Morgan fingerprint density at radius 3 is 2.90 bits per heavy atom. The minimum atomic E-state index is -0.368. The number of rotatable bonds is 2. The molecule has 4 rings (SSSR count). The minimum Gasteiger partial charge on any atom is -0.306 e. The molecular formula is C14H8N6O. The van der Waals surface area contributed by atoms with Crippen molar-refractivity contribution in [3.05, 3.63) is 60.3 Å². The zero-order valence-electron chi connectivity index (χ0n) is 10.7. The smallest absolute Gasteiger partial charge is 0.284 e. The highest BCUT2D eigenvalue weighted by Gasteiger charge is 2.25. The lowest BCUT2D eigenvalue weighted by atomic mass is 10.1. The second kappa shape index (κ2) is 4.41. The maximum atomic E-state index is 11.9. The van der Waals surface area contributed by atoms with Crippen LogP contribution in [0.3, 0.4) is 0 Å². The number of hydrogen-bond acceptors (Lipinski definition) is 5. The highest BCUT2D eigenvalue weighted by molar-refractivity contribution is 6.31. The lowest BCUT2D eigenvalue weighted by molar-refractivity contribution is -0.113. The number of amides is 1. The molecule has 0 unspecified atom stereocenters. The third-order valence-electron chi connectivity index (χ3n) is 3.14. The van der Waals surface area contributed by atoms with E-state index in [0.717, 1.165) is 11.3 Å². The van der Waals surface area contributed by atoms with Gasteiger partial charge in [0.15, 0.2) is 11.7 Å². The number of benzene rings is 1. The molecule has 100 valence electrons. The number of aromatic nitrogens is 2. The summed E-state index contributed by atoms with van der Waals surface area (Å²) in [7, 11) is 0. The summed E-state index contributed by atoms with van der Waals surface area (Å²) >= 11 is 0. The van der Waals surface area contributed by atoms with Gasteiger partial charge in [-0.2, -0.15) is 10.1 Å². The van der Waals surface area contributed by atoms with Gasteiger partial charge in [-0.1, -0.05) is 12.1 Å². The number of hydrogen-bond donors (Lipinski definition) is 0. The average molecular weight is 276 g/mol. The SMILES string of the molecule is O=C1N=C(c2cccc(-n3ccnc3)c2)N=C2N=NC=C12. The Hall–Kier alpha value is -3.22. The summed E-state index contributed by atoms with van der Waals surface area (Å²) in [6.45, 7) is 0. The number of carbonyl (C=O) groups excluding carboxylic acids is 1. The molecule has 0 bridgehead atoms. The predicted octanol–water partition coefficient (Wildman–Crippen LogP) is 1.91. The van der Waals surface area contributed by atoms with E-state index in [2.05, 4.69) is 25.2 Å². The van der Waals surface area contributed by atoms with E-state index in [1.807, 2.05) is 35.0 Å². The lowest BCUT2D eigenvalue weighted by Gasteiger charge is -2.09. The van der Waals surface area contributed by atoms with Crippen molar-refractivity contribution in [1.29, 1.82) is 0 Å². The second-order valence-electron chi connectivity index (χ2n) is 4.45. The number of fused-ring (bicyclic) bond motifs is 1.